The minimum Gasteiger partial charge on any atom is -0.487 e. The van der Waals surface area contributed by atoms with E-state index in [9.17, 15) is 14.7 Å². The largest absolute Gasteiger partial charge is 0.487 e. The first-order valence-electron chi connectivity index (χ1n) is 13.4. The van der Waals surface area contributed by atoms with Gasteiger partial charge in [0.25, 0.3) is 5.91 Å². The van der Waals surface area contributed by atoms with Crippen LogP contribution < -0.4 is 4.74 Å². The highest BCUT2D eigenvalue weighted by atomic mass is 16.6. The van der Waals surface area contributed by atoms with E-state index in [0.717, 1.165) is 42.6 Å². The number of likely N-dealkylation sites (tertiary alicyclic amines) is 2. The molecule has 3 aliphatic heterocycles. The molecule has 3 aliphatic rings. The predicted octanol–water partition coefficient (Wildman–Crippen LogP) is 4.90. The number of amides is 2. The number of aryl methyl sites for hydroxylation is 1. The highest BCUT2D eigenvalue weighted by molar-refractivity contribution is 5.95. The zero-order valence-electron chi connectivity index (χ0n) is 22.2. The Hall–Kier alpha value is -3.06. The number of ether oxygens (including phenoxy) is 2. The zero-order valence-corrected chi connectivity index (χ0v) is 22.2. The van der Waals surface area contributed by atoms with E-state index >= 15 is 0 Å². The van der Waals surface area contributed by atoms with Gasteiger partial charge in [-0.05, 0) is 65.6 Å². The number of aliphatic hydroxyl groups excluding tert-OH is 1. The molecule has 0 aromatic heterocycles. The summed E-state index contributed by atoms with van der Waals surface area (Å²) in [4.78, 5) is 28.7. The molecule has 2 aromatic rings. The lowest BCUT2D eigenvalue weighted by atomic mass is 9.82. The van der Waals surface area contributed by atoms with Crippen LogP contribution in [0.4, 0.5) is 4.79 Å². The van der Waals surface area contributed by atoms with E-state index in [-0.39, 0.29) is 23.0 Å². The molecule has 0 unspecified atom stereocenters. The van der Waals surface area contributed by atoms with E-state index in [2.05, 4.69) is 39.0 Å². The van der Waals surface area contributed by atoms with Gasteiger partial charge in [0.1, 0.15) is 11.4 Å². The third-order valence-corrected chi connectivity index (χ3v) is 7.71. The Morgan fingerprint density at radius 1 is 1.00 bits per heavy atom. The second kappa shape index (κ2) is 10.0. The molecule has 0 radical (unpaired) electrons. The fraction of sp³-hybridized carbons (Fsp3) is 0.533. The van der Waals surface area contributed by atoms with Gasteiger partial charge in [-0.25, -0.2) is 4.79 Å². The molecular weight excluding hydrogens is 468 g/mol. The number of carbonyl (C=O) groups excluding carboxylic acids is 2. The van der Waals surface area contributed by atoms with Gasteiger partial charge in [-0.2, -0.15) is 0 Å². The van der Waals surface area contributed by atoms with Crippen LogP contribution in [0, 0.1) is 5.41 Å². The van der Waals surface area contributed by atoms with Crippen molar-refractivity contribution in [3.8, 4) is 16.9 Å². The maximum atomic E-state index is 12.7. The van der Waals surface area contributed by atoms with Crippen LogP contribution >= 0.6 is 0 Å². The number of β-amino-alcohol motifs (C(OH)–C–C–N with tert-alkyl or cyclic N) is 1. The first-order valence-corrected chi connectivity index (χ1v) is 13.4. The summed E-state index contributed by atoms with van der Waals surface area (Å²) in [5.41, 5.74) is 3.74. The molecule has 2 aromatic carbocycles. The summed E-state index contributed by atoms with van der Waals surface area (Å²) in [6.45, 7) is 8.91. The lowest BCUT2D eigenvalue weighted by molar-refractivity contribution is -0.0171. The van der Waals surface area contributed by atoms with Crippen LogP contribution in [0.3, 0.4) is 0 Å². The summed E-state index contributed by atoms with van der Waals surface area (Å²) in [7, 11) is 0. The predicted molar refractivity (Wildman–Crippen MR) is 142 cm³/mol. The molecule has 2 amide bonds. The molecule has 198 valence electrons. The summed E-state index contributed by atoms with van der Waals surface area (Å²) in [6.07, 6.45) is 3.49. The topological polar surface area (TPSA) is 79.3 Å². The van der Waals surface area contributed by atoms with Crippen molar-refractivity contribution < 1.29 is 24.2 Å². The van der Waals surface area contributed by atoms with E-state index < -0.39 is 6.10 Å². The van der Waals surface area contributed by atoms with Gasteiger partial charge in [0.05, 0.1) is 12.7 Å². The average Bonchev–Trinajstić information content (AvgIpc) is 3.33. The minimum absolute atomic E-state index is 0.0271. The van der Waals surface area contributed by atoms with Gasteiger partial charge >= 0.3 is 6.09 Å². The van der Waals surface area contributed by atoms with E-state index in [0.29, 0.717) is 44.8 Å². The van der Waals surface area contributed by atoms with Crippen LogP contribution in [0.25, 0.3) is 11.1 Å². The number of hydrogen-bond acceptors (Lipinski definition) is 5. The number of carbonyl (C=O) groups is 2. The number of fused-ring (bicyclic) bond motifs is 1. The second-order valence-electron chi connectivity index (χ2n) is 12.0. The third-order valence-electron chi connectivity index (χ3n) is 7.71. The van der Waals surface area contributed by atoms with Crippen LogP contribution in [0.1, 0.15) is 62.4 Å². The molecule has 0 saturated carbocycles. The Kier molecular flexibility index (Phi) is 6.92. The monoisotopic (exact) mass is 506 g/mol. The molecule has 1 spiro atoms. The summed E-state index contributed by atoms with van der Waals surface area (Å²) >= 11 is 0. The highest BCUT2D eigenvalue weighted by Crippen LogP contribution is 2.41. The number of aliphatic hydroxyl groups is 1. The maximum Gasteiger partial charge on any atom is 0.409 e. The number of rotatable bonds is 3. The van der Waals surface area contributed by atoms with Gasteiger partial charge in [-0.3, -0.25) is 4.79 Å². The first-order chi connectivity index (χ1) is 17.6. The van der Waals surface area contributed by atoms with Gasteiger partial charge in [-0.15, -0.1) is 0 Å². The molecule has 37 heavy (non-hydrogen) atoms. The van der Waals surface area contributed by atoms with Gasteiger partial charge in [0.2, 0.25) is 0 Å². The van der Waals surface area contributed by atoms with Gasteiger partial charge < -0.3 is 24.4 Å². The molecule has 7 nitrogen and oxygen atoms in total. The van der Waals surface area contributed by atoms with Crippen molar-refractivity contribution in [2.24, 2.45) is 5.41 Å². The summed E-state index contributed by atoms with van der Waals surface area (Å²) in [5, 5.41) is 9.72. The molecule has 0 bridgehead atoms. The van der Waals surface area contributed by atoms with E-state index in [1.54, 1.807) is 9.80 Å². The van der Waals surface area contributed by atoms with Gasteiger partial charge in [-0.1, -0.05) is 39.0 Å². The standard InChI is InChI=1S/C30H38N2O5/c1-29(2,3)20-36-28(35)31-16-13-30(14-17-31)12-10-24-18-23(8-9-26(24)37-30)21-4-6-22(7-5-21)27(34)32-15-11-25(33)19-32/h4-9,18,25,33H,10-17,19-20H2,1-3H3/t25-/m1/s1. The Morgan fingerprint density at radius 2 is 1.70 bits per heavy atom. The van der Waals surface area contributed by atoms with Gasteiger partial charge in [0.15, 0.2) is 0 Å². The van der Waals surface area contributed by atoms with Crippen LogP contribution in [-0.4, -0.2) is 71.4 Å². The number of piperidine rings is 1. The average molecular weight is 507 g/mol. The van der Waals surface area contributed by atoms with Crippen LogP contribution in [0.5, 0.6) is 5.75 Å². The Morgan fingerprint density at radius 3 is 2.35 bits per heavy atom. The molecule has 0 aliphatic carbocycles. The number of benzene rings is 2. The van der Waals surface area contributed by atoms with Crippen LogP contribution in [0.15, 0.2) is 42.5 Å². The van der Waals surface area contributed by atoms with E-state index in [1.807, 2.05) is 24.3 Å². The lowest BCUT2D eigenvalue weighted by Crippen LogP contribution is -2.51. The molecule has 1 atom stereocenters. The molecule has 3 heterocycles. The maximum absolute atomic E-state index is 12.7. The molecule has 2 saturated heterocycles. The van der Waals surface area contributed by atoms with E-state index in [1.165, 1.54) is 5.56 Å². The third kappa shape index (κ3) is 5.77. The van der Waals surface area contributed by atoms with Gasteiger partial charge in [0, 0.05) is 44.6 Å². The van der Waals surface area contributed by atoms with E-state index in [4.69, 9.17) is 9.47 Å². The van der Waals surface area contributed by atoms with Crippen molar-refractivity contribution in [1.82, 2.24) is 9.80 Å². The summed E-state index contributed by atoms with van der Waals surface area (Å²) < 4.78 is 12.1. The smallest absolute Gasteiger partial charge is 0.409 e. The Bertz CT molecular complexity index is 1150. The highest BCUT2D eigenvalue weighted by Gasteiger charge is 2.41. The summed E-state index contributed by atoms with van der Waals surface area (Å²) in [5.74, 6) is 0.902. The second-order valence-corrected chi connectivity index (χ2v) is 12.0. The lowest BCUT2D eigenvalue weighted by Gasteiger charge is -2.44. The van der Waals surface area contributed by atoms with Crippen molar-refractivity contribution in [2.45, 2.75) is 64.6 Å². The Labute approximate surface area is 219 Å². The fourth-order valence-corrected chi connectivity index (χ4v) is 5.43. The molecule has 1 N–H and O–H groups in total. The van der Waals surface area contributed by atoms with Crippen molar-refractivity contribution in [2.75, 3.05) is 32.8 Å². The SMILES string of the molecule is CC(C)(C)COC(=O)N1CCC2(CCc3cc(-c4ccc(C(=O)N5CC[C@@H](O)C5)cc4)ccc3O2)CC1. The van der Waals surface area contributed by atoms with Crippen molar-refractivity contribution in [1.29, 1.82) is 0 Å². The Balaban J connectivity index is 1.20. The van der Waals surface area contributed by atoms with Crippen molar-refractivity contribution >= 4 is 12.0 Å². The van der Waals surface area contributed by atoms with Crippen molar-refractivity contribution in [3.63, 3.8) is 0 Å². The summed E-state index contributed by atoms with van der Waals surface area (Å²) in [6, 6.07) is 14.0. The molecule has 5 rings (SSSR count). The normalized spacial score (nSPS) is 20.9. The molecule has 7 heteroatoms. The fourth-order valence-electron chi connectivity index (χ4n) is 5.43. The number of nitrogens with zero attached hydrogens (tertiary/aromatic N) is 2. The minimum atomic E-state index is -0.414. The quantitative estimate of drug-likeness (QED) is 0.641. The zero-order chi connectivity index (χ0) is 26.2. The molecule has 2 fully saturated rings. The van der Waals surface area contributed by atoms with Crippen molar-refractivity contribution in [3.05, 3.63) is 53.6 Å². The number of hydrogen-bond donors (Lipinski definition) is 1. The van der Waals surface area contributed by atoms with Crippen LogP contribution in [-0.2, 0) is 11.2 Å². The van der Waals surface area contributed by atoms with Crippen LogP contribution in [0.2, 0.25) is 0 Å². The first kappa shape index (κ1) is 25.6. The molecular formula is C30H38N2O5.